The summed E-state index contributed by atoms with van der Waals surface area (Å²) in [5.74, 6) is 0.948. The fourth-order valence-electron chi connectivity index (χ4n) is 3.07. The molecule has 0 unspecified atom stereocenters. The quantitative estimate of drug-likeness (QED) is 0.660. The maximum Gasteiger partial charge on any atom is -0.00726 e. The second-order valence-corrected chi connectivity index (χ2v) is 5.30. The van der Waals surface area contributed by atoms with E-state index in [4.69, 9.17) is 0 Å². The fourth-order valence-corrected chi connectivity index (χ4v) is 3.07. The van der Waals surface area contributed by atoms with Crippen molar-refractivity contribution < 1.29 is 0 Å². The molecule has 0 radical (unpaired) electrons. The van der Waals surface area contributed by atoms with E-state index in [0.717, 1.165) is 5.92 Å². The second-order valence-electron chi connectivity index (χ2n) is 5.30. The van der Waals surface area contributed by atoms with Gasteiger partial charge in [0.2, 0.25) is 0 Å². The molecule has 2 rings (SSSR count). The van der Waals surface area contributed by atoms with Gasteiger partial charge in [-0.05, 0) is 29.7 Å². The third kappa shape index (κ3) is 2.25. The third-order valence-corrected chi connectivity index (χ3v) is 4.13. The summed E-state index contributed by atoms with van der Waals surface area (Å²) in [6, 6.07) is 11.1. The van der Waals surface area contributed by atoms with Crippen LogP contribution in [0.1, 0.15) is 51.5 Å². The van der Waals surface area contributed by atoms with Crippen LogP contribution in [0, 0.1) is 5.92 Å². The Labute approximate surface area is 93.7 Å². The van der Waals surface area contributed by atoms with E-state index in [2.05, 4.69) is 44.2 Å². The van der Waals surface area contributed by atoms with Crippen molar-refractivity contribution in [2.75, 3.05) is 0 Å². The predicted octanol–water partition coefficient (Wildman–Crippen LogP) is 4.54. The zero-order valence-corrected chi connectivity index (χ0v) is 10.00. The van der Waals surface area contributed by atoms with Gasteiger partial charge in [-0.1, -0.05) is 63.4 Å². The van der Waals surface area contributed by atoms with Crippen molar-refractivity contribution in [3.63, 3.8) is 0 Å². The normalized spacial score (nSPS) is 31.5. The molecule has 0 nitrogen and oxygen atoms in total. The molecular weight excluding hydrogens is 180 g/mol. The van der Waals surface area contributed by atoms with Gasteiger partial charge < -0.3 is 0 Å². The highest BCUT2D eigenvalue weighted by molar-refractivity contribution is 5.25. The maximum absolute atomic E-state index is 2.45. The van der Waals surface area contributed by atoms with E-state index in [1.54, 1.807) is 5.56 Å². The summed E-state index contributed by atoms with van der Waals surface area (Å²) in [7, 11) is 0. The van der Waals surface area contributed by atoms with Crippen molar-refractivity contribution in [1.29, 1.82) is 0 Å². The van der Waals surface area contributed by atoms with E-state index in [-0.39, 0.29) is 0 Å². The first-order valence-corrected chi connectivity index (χ1v) is 6.30. The summed E-state index contributed by atoms with van der Waals surface area (Å²) in [6.45, 7) is 4.78. The molecule has 0 aliphatic heterocycles. The van der Waals surface area contributed by atoms with Gasteiger partial charge in [0.05, 0.1) is 0 Å². The summed E-state index contributed by atoms with van der Waals surface area (Å²) in [5.41, 5.74) is 1.99. The average Bonchev–Trinajstić information content (AvgIpc) is 2.30. The summed E-state index contributed by atoms with van der Waals surface area (Å²) in [4.78, 5) is 0. The molecule has 0 N–H and O–H groups in total. The van der Waals surface area contributed by atoms with Crippen LogP contribution in [0.5, 0.6) is 0 Å². The highest BCUT2D eigenvalue weighted by atomic mass is 14.4. The number of rotatable bonds is 2. The Kier molecular flexibility index (Phi) is 3.14. The molecule has 1 fully saturated rings. The van der Waals surface area contributed by atoms with E-state index >= 15 is 0 Å². The van der Waals surface area contributed by atoms with Gasteiger partial charge in [0.25, 0.3) is 0 Å². The van der Waals surface area contributed by atoms with Crippen LogP contribution >= 0.6 is 0 Å². The van der Waals surface area contributed by atoms with E-state index in [1.807, 2.05) is 0 Å². The summed E-state index contributed by atoms with van der Waals surface area (Å²) in [6.07, 6.45) is 6.95. The van der Waals surface area contributed by atoms with Crippen molar-refractivity contribution >= 4 is 0 Å². The number of hydrogen-bond acceptors (Lipinski definition) is 0. The molecule has 0 heteroatoms. The average molecular weight is 202 g/mol. The Balaban J connectivity index is 2.19. The maximum atomic E-state index is 2.45. The largest absolute Gasteiger partial charge is 0.0651 e. The molecule has 82 valence electrons. The van der Waals surface area contributed by atoms with Gasteiger partial charge in [0.15, 0.2) is 0 Å². The SMILES string of the molecule is CC[C@H]1CCC[C@](C)(c2ccccc2)C1. The number of hydrogen-bond donors (Lipinski definition) is 0. The van der Waals surface area contributed by atoms with Crippen LogP contribution in [-0.2, 0) is 5.41 Å². The first-order valence-electron chi connectivity index (χ1n) is 6.30. The van der Waals surface area contributed by atoms with Crippen molar-refractivity contribution in [3.05, 3.63) is 35.9 Å². The molecule has 0 aromatic heterocycles. The summed E-state index contributed by atoms with van der Waals surface area (Å²) < 4.78 is 0. The minimum atomic E-state index is 0.445. The standard InChI is InChI=1S/C15H22/c1-3-13-8-7-11-15(2,12-13)14-9-5-4-6-10-14/h4-6,9-10,13H,3,7-8,11-12H2,1-2H3/t13-,15-/m0/s1. The number of benzene rings is 1. The molecule has 1 saturated carbocycles. The van der Waals surface area contributed by atoms with Crippen LogP contribution in [0.15, 0.2) is 30.3 Å². The molecule has 0 amide bonds. The van der Waals surface area contributed by atoms with Crippen LogP contribution in [-0.4, -0.2) is 0 Å². The Morgan fingerprint density at radius 3 is 2.67 bits per heavy atom. The van der Waals surface area contributed by atoms with Gasteiger partial charge >= 0.3 is 0 Å². The van der Waals surface area contributed by atoms with E-state index < -0.39 is 0 Å². The van der Waals surface area contributed by atoms with Crippen molar-refractivity contribution in [2.24, 2.45) is 5.92 Å². The van der Waals surface area contributed by atoms with Crippen LogP contribution in [0.3, 0.4) is 0 Å². The monoisotopic (exact) mass is 202 g/mol. The lowest BCUT2D eigenvalue weighted by atomic mass is 9.66. The Bertz CT molecular complexity index is 301. The fraction of sp³-hybridized carbons (Fsp3) is 0.600. The molecule has 1 aromatic rings. The Morgan fingerprint density at radius 2 is 2.00 bits per heavy atom. The van der Waals surface area contributed by atoms with Crippen LogP contribution in [0.25, 0.3) is 0 Å². The molecule has 15 heavy (non-hydrogen) atoms. The molecule has 1 aliphatic carbocycles. The molecular formula is C15H22. The molecule has 0 bridgehead atoms. The Morgan fingerprint density at radius 1 is 1.27 bits per heavy atom. The van der Waals surface area contributed by atoms with Gasteiger partial charge in [-0.2, -0.15) is 0 Å². The Hall–Kier alpha value is -0.780. The zero-order chi connectivity index (χ0) is 10.7. The third-order valence-electron chi connectivity index (χ3n) is 4.13. The topological polar surface area (TPSA) is 0 Å². The van der Waals surface area contributed by atoms with Crippen LogP contribution in [0.2, 0.25) is 0 Å². The summed E-state index contributed by atoms with van der Waals surface area (Å²) in [5, 5.41) is 0. The predicted molar refractivity (Wildman–Crippen MR) is 66.0 cm³/mol. The first kappa shape index (κ1) is 10.7. The van der Waals surface area contributed by atoms with Gasteiger partial charge in [0, 0.05) is 0 Å². The molecule has 0 saturated heterocycles. The highest BCUT2D eigenvalue weighted by Crippen LogP contribution is 2.42. The van der Waals surface area contributed by atoms with Crippen LogP contribution in [0.4, 0.5) is 0 Å². The van der Waals surface area contributed by atoms with Gasteiger partial charge in [-0.25, -0.2) is 0 Å². The molecule has 2 atom stereocenters. The zero-order valence-electron chi connectivity index (χ0n) is 10.00. The van der Waals surface area contributed by atoms with Crippen molar-refractivity contribution in [2.45, 2.75) is 51.4 Å². The van der Waals surface area contributed by atoms with E-state index in [1.165, 1.54) is 32.1 Å². The molecule has 1 aliphatic rings. The van der Waals surface area contributed by atoms with Crippen molar-refractivity contribution in [1.82, 2.24) is 0 Å². The lowest BCUT2D eigenvalue weighted by molar-refractivity contribution is 0.233. The van der Waals surface area contributed by atoms with Gasteiger partial charge in [0.1, 0.15) is 0 Å². The highest BCUT2D eigenvalue weighted by Gasteiger charge is 2.32. The lowest BCUT2D eigenvalue weighted by Gasteiger charge is -2.38. The smallest absolute Gasteiger partial charge is 0.00726 e. The van der Waals surface area contributed by atoms with Crippen LogP contribution < -0.4 is 0 Å². The second kappa shape index (κ2) is 4.38. The molecule has 0 spiro atoms. The van der Waals surface area contributed by atoms with Gasteiger partial charge in [-0.15, -0.1) is 0 Å². The van der Waals surface area contributed by atoms with E-state index in [9.17, 15) is 0 Å². The lowest BCUT2D eigenvalue weighted by Crippen LogP contribution is -2.29. The molecule has 0 heterocycles. The summed E-state index contributed by atoms with van der Waals surface area (Å²) >= 11 is 0. The van der Waals surface area contributed by atoms with Gasteiger partial charge in [-0.3, -0.25) is 0 Å². The molecule has 1 aromatic carbocycles. The minimum Gasteiger partial charge on any atom is -0.0651 e. The first-order chi connectivity index (χ1) is 7.24. The van der Waals surface area contributed by atoms with Crippen molar-refractivity contribution in [3.8, 4) is 0 Å². The minimum absolute atomic E-state index is 0.445. The van der Waals surface area contributed by atoms with E-state index in [0.29, 0.717) is 5.41 Å².